The molecule has 0 amide bonds. The third-order valence-electron chi connectivity index (χ3n) is 3.05. The molecular formula is C13H17F3N2O3S. The zero-order chi connectivity index (χ0) is 17.0. The van der Waals surface area contributed by atoms with Crippen LogP contribution in [0.25, 0.3) is 0 Å². The van der Waals surface area contributed by atoms with Gasteiger partial charge in [-0.15, -0.1) is 0 Å². The fraction of sp³-hybridized carbons (Fsp3) is 0.462. The molecule has 4 N–H and O–H groups in total. The maximum atomic E-state index is 12.6. The summed E-state index contributed by atoms with van der Waals surface area (Å²) in [6.45, 7) is 0. The molecule has 22 heavy (non-hydrogen) atoms. The largest absolute Gasteiger partial charge is 0.480 e. The van der Waals surface area contributed by atoms with E-state index in [0.717, 1.165) is 12.1 Å². The van der Waals surface area contributed by atoms with Crippen molar-refractivity contribution in [2.24, 2.45) is 5.73 Å². The van der Waals surface area contributed by atoms with E-state index in [4.69, 9.17) is 15.6 Å². The van der Waals surface area contributed by atoms with Crippen molar-refractivity contribution in [2.75, 3.05) is 11.5 Å². The first-order chi connectivity index (χ1) is 10.0. The molecule has 1 rings (SSSR count). The summed E-state index contributed by atoms with van der Waals surface area (Å²) in [6.07, 6.45) is -4.51. The SMILES string of the molecule is N=S(=O)(CCc1cccc(C(F)(F)F)c1)CC[C@H](N)C(=O)O. The number of nitrogens with two attached hydrogens (primary N) is 1. The van der Waals surface area contributed by atoms with Gasteiger partial charge in [-0.1, -0.05) is 18.2 Å². The fourth-order valence-electron chi connectivity index (χ4n) is 1.73. The van der Waals surface area contributed by atoms with Gasteiger partial charge in [0.25, 0.3) is 0 Å². The summed E-state index contributed by atoms with van der Waals surface area (Å²) in [7, 11) is -3.08. The molecule has 0 aromatic heterocycles. The van der Waals surface area contributed by atoms with Gasteiger partial charge in [0.2, 0.25) is 0 Å². The Labute approximate surface area is 126 Å². The third-order valence-corrected chi connectivity index (χ3v) is 4.81. The van der Waals surface area contributed by atoms with E-state index in [-0.39, 0.29) is 24.3 Å². The summed E-state index contributed by atoms with van der Waals surface area (Å²) in [5.41, 5.74) is 4.80. The minimum Gasteiger partial charge on any atom is -0.480 e. The van der Waals surface area contributed by atoms with Gasteiger partial charge >= 0.3 is 12.1 Å². The second-order valence-electron chi connectivity index (χ2n) is 4.90. The number of aryl methyl sites for hydroxylation is 1. The highest BCUT2D eigenvalue weighted by molar-refractivity contribution is 7.92. The lowest BCUT2D eigenvalue weighted by molar-refractivity contribution is -0.139. The van der Waals surface area contributed by atoms with Crippen LogP contribution in [0.5, 0.6) is 0 Å². The Bertz CT molecular complexity index is 630. The molecule has 2 atom stereocenters. The average Bonchev–Trinajstić information content (AvgIpc) is 2.42. The number of carbonyl (C=O) groups is 1. The van der Waals surface area contributed by atoms with Crippen LogP contribution >= 0.6 is 0 Å². The quantitative estimate of drug-likeness (QED) is 0.708. The number of hydrogen-bond acceptors (Lipinski definition) is 4. The molecule has 0 radical (unpaired) electrons. The molecule has 0 saturated heterocycles. The monoisotopic (exact) mass is 338 g/mol. The van der Waals surface area contributed by atoms with Crippen LogP contribution in [-0.4, -0.2) is 32.8 Å². The zero-order valence-corrected chi connectivity index (χ0v) is 12.4. The number of alkyl halides is 3. The van der Waals surface area contributed by atoms with E-state index in [1.165, 1.54) is 12.1 Å². The molecule has 1 aromatic rings. The Hall–Kier alpha value is -1.61. The highest BCUT2D eigenvalue weighted by atomic mass is 32.2. The minimum atomic E-state index is -4.45. The molecule has 0 aliphatic heterocycles. The topological polar surface area (TPSA) is 104 Å². The number of nitrogens with one attached hydrogen (secondary N) is 1. The lowest BCUT2D eigenvalue weighted by Gasteiger charge is -2.11. The Morgan fingerprint density at radius 3 is 2.55 bits per heavy atom. The Morgan fingerprint density at radius 1 is 1.36 bits per heavy atom. The number of aliphatic carboxylic acids is 1. The van der Waals surface area contributed by atoms with Crippen LogP contribution in [0.3, 0.4) is 0 Å². The second-order valence-corrected chi connectivity index (χ2v) is 7.34. The van der Waals surface area contributed by atoms with Gasteiger partial charge < -0.3 is 10.8 Å². The lowest BCUT2D eigenvalue weighted by Crippen LogP contribution is -2.32. The predicted octanol–water partition coefficient (Wildman–Crippen LogP) is 2.10. The van der Waals surface area contributed by atoms with Gasteiger partial charge in [-0.3, -0.25) is 9.57 Å². The standard InChI is InChI=1S/C13H17F3N2O3S/c14-13(15,16)10-3-1-2-9(8-10)4-6-22(18,21)7-5-11(17)12(19)20/h1-3,8,11,18H,4-7,17H2,(H,19,20)/t11-,22?/m0/s1. The van der Waals surface area contributed by atoms with E-state index in [1.54, 1.807) is 0 Å². The summed E-state index contributed by atoms with van der Waals surface area (Å²) in [5.74, 6) is -1.58. The van der Waals surface area contributed by atoms with Crippen molar-refractivity contribution in [2.45, 2.75) is 25.1 Å². The van der Waals surface area contributed by atoms with Crippen molar-refractivity contribution in [1.82, 2.24) is 0 Å². The average molecular weight is 338 g/mol. The van der Waals surface area contributed by atoms with Crippen molar-refractivity contribution < 1.29 is 27.3 Å². The lowest BCUT2D eigenvalue weighted by atomic mass is 10.1. The molecule has 0 spiro atoms. The molecule has 0 aliphatic carbocycles. The zero-order valence-electron chi connectivity index (χ0n) is 11.6. The van der Waals surface area contributed by atoms with Gasteiger partial charge in [-0.05, 0) is 24.5 Å². The van der Waals surface area contributed by atoms with Crippen LogP contribution in [0.2, 0.25) is 0 Å². The number of hydrogen-bond donors (Lipinski definition) is 3. The first kappa shape index (κ1) is 18.4. The summed E-state index contributed by atoms with van der Waals surface area (Å²) in [4.78, 5) is 10.5. The molecule has 9 heteroatoms. The molecule has 0 fully saturated rings. The minimum absolute atomic E-state index is 0.0502. The van der Waals surface area contributed by atoms with Crippen molar-refractivity contribution in [1.29, 1.82) is 4.78 Å². The fourth-order valence-corrected chi connectivity index (χ4v) is 3.13. The number of carboxylic acid groups (broad SMARTS) is 1. The van der Waals surface area contributed by atoms with Crippen molar-refractivity contribution >= 4 is 15.7 Å². The molecule has 0 bridgehead atoms. The first-order valence-electron chi connectivity index (χ1n) is 6.40. The van der Waals surface area contributed by atoms with Gasteiger partial charge in [0, 0.05) is 21.2 Å². The number of benzene rings is 1. The number of carboxylic acids is 1. The van der Waals surface area contributed by atoms with Crippen LogP contribution in [0.1, 0.15) is 17.5 Å². The first-order valence-corrected chi connectivity index (χ1v) is 8.29. The van der Waals surface area contributed by atoms with Crippen LogP contribution < -0.4 is 5.73 Å². The maximum absolute atomic E-state index is 12.6. The van der Waals surface area contributed by atoms with E-state index in [9.17, 15) is 22.2 Å². The molecule has 124 valence electrons. The van der Waals surface area contributed by atoms with Crippen molar-refractivity contribution in [3.05, 3.63) is 35.4 Å². The Kier molecular flexibility index (Phi) is 5.95. The van der Waals surface area contributed by atoms with E-state index in [1.807, 2.05) is 0 Å². The molecule has 1 unspecified atom stereocenters. The van der Waals surface area contributed by atoms with Gasteiger partial charge in [0.1, 0.15) is 6.04 Å². The van der Waals surface area contributed by atoms with E-state index < -0.39 is 33.5 Å². The molecular weight excluding hydrogens is 321 g/mol. The predicted molar refractivity (Wildman–Crippen MR) is 76.0 cm³/mol. The maximum Gasteiger partial charge on any atom is 0.416 e. The van der Waals surface area contributed by atoms with Crippen LogP contribution in [-0.2, 0) is 27.1 Å². The Morgan fingerprint density at radius 2 is 2.00 bits per heavy atom. The van der Waals surface area contributed by atoms with Gasteiger partial charge in [-0.25, -0.2) is 4.21 Å². The summed E-state index contributed by atoms with van der Waals surface area (Å²) < 4.78 is 57.3. The van der Waals surface area contributed by atoms with E-state index in [0.29, 0.717) is 5.56 Å². The molecule has 0 heterocycles. The van der Waals surface area contributed by atoms with Crippen LogP contribution in [0.15, 0.2) is 24.3 Å². The third kappa shape index (κ3) is 6.02. The summed E-state index contributed by atoms with van der Waals surface area (Å²) in [5, 5.41) is 8.61. The smallest absolute Gasteiger partial charge is 0.416 e. The highest BCUT2D eigenvalue weighted by Gasteiger charge is 2.30. The normalized spacial score (nSPS) is 16.0. The van der Waals surface area contributed by atoms with Crippen LogP contribution in [0, 0.1) is 4.78 Å². The molecule has 0 aliphatic rings. The Balaban J connectivity index is 2.64. The van der Waals surface area contributed by atoms with Gasteiger partial charge in [-0.2, -0.15) is 13.2 Å². The molecule has 0 saturated carbocycles. The number of rotatable bonds is 7. The highest BCUT2D eigenvalue weighted by Crippen LogP contribution is 2.29. The molecule has 5 nitrogen and oxygen atoms in total. The van der Waals surface area contributed by atoms with E-state index in [2.05, 4.69) is 0 Å². The van der Waals surface area contributed by atoms with Gasteiger partial charge in [0.15, 0.2) is 0 Å². The van der Waals surface area contributed by atoms with Crippen molar-refractivity contribution in [3.8, 4) is 0 Å². The van der Waals surface area contributed by atoms with Crippen LogP contribution in [0.4, 0.5) is 13.2 Å². The summed E-state index contributed by atoms with van der Waals surface area (Å²) >= 11 is 0. The van der Waals surface area contributed by atoms with Gasteiger partial charge in [0.05, 0.1) is 5.56 Å². The number of halogens is 3. The second kappa shape index (κ2) is 7.10. The van der Waals surface area contributed by atoms with Crippen molar-refractivity contribution in [3.63, 3.8) is 0 Å². The molecule has 1 aromatic carbocycles. The summed E-state index contributed by atoms with van der Waals surface area (Å²) in [6, 6.07) is 3.42. The van der Waals surface area contributed by atoms with E-state index >= 15 is 0 Å².